The Hall–Kier alpha value is -3.68. The molecular weight excluding hydrogens is 360 g/mol. The van der Waals surface area contributed by atoms with Crippen molar-refractivity contribution in [1.82, 2.24) is 10.2 Å². The maximum atomic E-state index is 13.0. The molecule has 28 heavy (non-hydrogen) atoms. The molecule has 1 saturated heterocycles. The molecule has 8 nitrogen and oxygen atoms in total. The van der Waals surface area contributed by atoms with Gasteiger partial charge in [-0.3, -0.25) is 29.4 Å². The van der Waals surface area contributed by atoms with Crippen LogP contribution in [0.15, 0.2) is 42.5 Å². The van der Waals surface area contributed by atoms with Crippen LogP contribution in [0, 0.1) is 0 Å². The summed E-state index contributed by atoms with van der Waals surface area (Å²) in [6, 6.07) is 11.3. The third-order valence-electron chi connectivity index (χ3n) is 4.98. The van der Waals surface area contributed by atoms with Crippen molar-refractivity contribution < 1.29 is 19.2 Å². The summed E-state index contributed by atoms with van der Waals surface area (Å²) in [5.41, 5.74) is 8.39. The Balaban J connectivity index is 1.62. The lowest BCUT2D eigenvalue weighted by molar-refractivity contribution is -0.136. The van der Waals surface area contributed by atoms with E-state index < -0.39 is 29.7 Å². The maximum absolute atomic E-state index is 13.0. The van der Waals surface area contributed by atoms with Crippen LogP contribution < -0.4 is 16.4 Å². The number of fused-ring (bicyclic) bond motifs is 1. The molecule has 2 aromatic carbocycles. The number of rotatable bonds is 4. The van der Waals surface area contributed by atoms with Crippen LogP contribution in [0.1, 0.15) is 39.1 Å². The predicted octanol–water partition coefficient (Wildman–Crippen LogP) is 1.28. The number of benzene rings is 2. The van der Waals surface area contributed by atoms with Gasteiger partial charge in [-0.15, -0.1) is 0 Å². The average molecular weight is 378 g/mol. The molecule has 0 saturated carbocycles. The van der Waals surface area contributed by atoms with Gasteiger partial charge in [-0.05, 0) is 30.2 Å². The van der Waals surface area contributed by atoms with E-state index in [-0.39, 0.29) is 24.0 Å². The molecular formula is C20H18N4O4. The number of carbonyl (C=O) groups is 4. The number of nitrogens with two attached hydrogens (primary N) is 1. The number of imide groups is 2. The van der Waals surface area contributed by atoms with Crippen molar-refractivity contribution in [3.63, 3.8) is 0 Å². The third kappa shape index (κ3) is 2.88. The van der Waals surface area contributed by atoms with Crippen molar-refractivity contribution in [1.29, 1.82) is 0 Å². The monoisotopic (exact) mass is 378 g/mol. The van der Waals surface area contributed by atoms with E-state index in [4.69, 9.17) is 5.73 Å². The largest absolute Gasteiger partial charge is 0.397 e. The lowest BCUT2D eigenvalue weighted by atomic mass is 10.0. The Bertz CT molecular complexity index is 1020. The number of nitrogens with zero attached hydrogens (tertiary/aromatic N) is 1. The standard InChI is InChI=1S/C20H18N4O4/c21-13-6-1-2-7-14(13)22-10-11-4-3-5-12-17(11)20(28)24(19(12)27)15-8-9-16(25)23-18(15)26/h1-7,15,22H,8-10,21H2,(H,23,25,26). The first kappa shape index (κ1) is 17.7. The first-order chi connectivity index (χ1) is 13.5. The number of carbonyl (C=O) groups excluding carboxylic acids is 4. The zero-order valence-corrected chi connectivity index (χ0v) is 14.9. The van der Waals surface area contributed by atoms with Crippen LogP contribution >= 0.6 is 0 Å². The number of nitrogen functional groups attached to an aromatic ring is 1. The summed E-state index contributed by atoms with van der Waals surface area (Å²) in [6.45, 7) is 0.291. The van der Waals surface area contributed by atoms with Gasteiger partial charge in [0, 0.05) is 13.0 Å². The number of amides is 4. The Morgan fingerprint density at radius 2 is 1.82 bits per heavy atom. The van der Waals surface area contributed by atoms with Crippen molar-refractivity contribution in [2.75, 3.05) is 11.1 Å². The minimum atomic E-state index is -0.976. The van der Waals surface area contributed by atoms with E-state index in [9.17, 15) is 19.2 Å². The molecule has 1 atom stereocenters. The van der Waals surface area contributed by atoms with Crippen molar-refractivity contribution in [2.45, 2.75) is 25.4 Å². The van der Waals surface area contributed by atoms with Crippen LogP contribution in [0.25, 0.3) is 0 Å². The third-order valence-corrected chi connectivity index (χ3v) is 4.98. The van der Waals surface area contributed by atoms with Crippen molar-refractivity contribution in [2.24, 2.45) is 0 Å². The van der Waals surface area contributed by atoms with Gasteiger partial charge in [-0.2, -0.15) is 0 Å². The lowest BCUT2D eigenvalue weighted by Crippen LogP contribution is -2.54. The van der Waals surface area contributed by atoms with E-state index in [0.29, 0.717) is 17.8 Å². The highest BCUT2D eigenvalue weighted by atomic mass is 16.2. The van der Waals surface area contributed by atoms with E-state index in [1.54, 1.807) is 24.3 Å². The van der Waals surface area contributed by atoms with E-state index in [0.717, 1.165) is 10.6 Å². The number of anilines is 2. The zero-order valence-electron chi connectivity index (χ0n) is 14.9. The van der Waals surface area contributed by atoms with Crippen LogP contribution in [0.5, 0.6) is 0 Å². The SMILES string of the molecule is Nc1ccccc1NCc1cccc2c1C(=O)N(C1CCC(=O)NC1=O)C2=O. The molecule has 4 amide bonds. The molecule has 1 fully saturated rings. The molecule has 2 aliphatic heterocycles. The van der Waals surface area contributed by atoms with E-state index >= 15 is 0 Å². The fourth-order valence-electron chi connectivity index (χ4n) is 3.58. The Morgan fingerprint density at radius 1 is 1.04 bits per heavy atom. The molecule has 142 valence electrons. The summed E-state index contributed by atoms with van der Waals surface area (Å²) in [5, 5.41) is 5.36. The molecule has 4 N–H and O–H groups in total. The van der Waals surface area contributed by atoms with E-state index in [2.05, 4.69) is 10.6 Å². The first-order valence-corrected chi connectivity index (χ1v) is 8.89. The highest BCUT2D eigenvalue weighted by Crippen LogP contribution is 2.30. The van der Waals surface area contributed by atoms with E-state index in [1.807, 2.05) is 18.2 Å². The van der Waals surface area contributed by atoms with Gasteiger partial charge in [0.1, 0.15) is 6.04 Å². The van der Waals surface area contributed by atoms with Crippen LogP contribution in [0.2, 0.25) is 0 Å². The summed E-state index contributed by atoms with van der Waals surface area (Å²) in [6.07, 6.45) is 0.218. The van der Waals surface area contributed by atoms with Crippen molar-refractivity contribution in [3.8, 4) is 0 Å². The van der Waals surface area contributed by atoms with Crippen molar-refractivity contribution >= 4 is 35.0 Å². The molecule has 4 rings (SSSR count). The average Bonchev–Trinajstić information content (AvgIpc) is 2.93. The highest BCUT2D eigenvalue weighted by molar-refractivity contribution is 6.24. The van der Waals surface area contributed by atoms with Crippen LogP contribution in [0.4, 0.5) is 11.4 Å². The second kappa shape index (κ2) is 6.80. The molecule has 2 aromatic rings. The van der Waals surface area contributed by atoms with Gasteiger partial charge in [-0.1, -0.05) is 24.3 Å². The molecule has 2 aliphatic rings. The molecule has 0 bridgehead atoms. The van der Waals surface area contributed by atoms with Gasteiger partial charge in [0.15, 0.2) is 0 Å². The zero-order chi connectivity index (χ0) is 19.8. The Morgan fingerprint density at radius 3 is 2.57 bits per heavy atom. The summed E-state index contributed by atoms with van der Waals surface area (Å²) >= 11 is 0. The summed E-state index contributed by atoms with van der Waals surface area (Å²) in [7, 11) is 0. The second-order valence-electron chi connectivity index (χ2n) is 6.73. The molecule has 2 heterocycles. The number of piperidine rings is 1. The molecule has 0 radical (unpaired) electrons. The lowest BCUT2D eigenvalue weighted by Gasteiger charge is -2.27. The van der Waals surface area contributed by atoms with Gasteiger partial charge in [0.05, 0.1) is 22.5 Å². The Labute approximate surface area is 160 Å². The highest BCUT2D eigenvalue weighted by Gasteiger charge is 2.45. The summed E-state index contributed by atoms with van der Waals surface area (Å²) < 4.78 is 0. The first-order valence-electron chi connectivity index (χ1n) is 8.89. The smallest absolute Gasteiger partial charge is 0.262 e. The molecule has 0 aliphatic carbocycles. The second-order valence-corrected chi connectivity index (χ2v) is 6.73. The number of hydrogen-bond donors (Lipinski definition) is 3. The number of para-hydroxylation sites is 2. The fourth-order valence-corrected chi connectivity index (χ4v) is 3.58. The van der Waals surface area contributed by atoms with Crippen LogP contribution in [-0.2, 0) is 16.1 Å². The van der Waals surface area contributed by atoms with Gasteiger partial charge in [0.25, 0.3) is 11.8 Å². The summed E-state index contributed by atoms with van der Waals surface area (Å²) in [5.74, 6) is -2.06. The maximum Gasteiger partial charge on any atom is 0.262 e. The van der Waals surface area contributed by atoms with Crippen LogP contribution in [0.3, 0.4) is 0 Å². The van der Waals surface area contributed by atoms with Crippen LogP contribution in [-0.4, -0.2) is 34.6 Å². The molecule has 8 heteroatoms. The van der Waals surface area contributed by atoms with Gasteiger partial charge in [-0.25, -0.2) is 0 Å². The number of nitrogens with one attached hydrogen (secondary N) is 2. The predicted molar refractivity (Wildman–Crippen MR) is 101 cm³/mol. The fraction of sp³-hybridized carbons (Fsp3) is 0.200. The van der Waals surface area contributed by atoms with Gasteiger partial charge >= 0.3 is 0 Å². The Kier molecular flexibility index (Phi) is 4.31. The van der Waals surface area contributed by atoms with Crippen molar-refractivity contribution in [3.05, 3.63) is 59.2 Å². The minimum absolute atomic E-state index is 0.0888. The molecule has 0 aromatic heterocycles. The van der Waals surface area contributed by atoms with Gasteiger partial charge < -0.3 is 11.1 Å². The normalized spacial score (nSPS) is 18.9. The minimum Gasteiger partial charge on any atom is -0.397 e. The van der Waals surface area contributed by atoms with Gasteiger partial charge in [0.2, 0.25) is 11.8 Å². The quantitative estimate of drug-likeness (QED) is 0.544. The summed E-state index contributed by atoms with van der Waals surface area (Å²) in [4.78, 5) is 50.3. The molecule has 0 spiro atoms. The topological polar surface area (TPSA) is 122 Å². The number of hydrogen-bond acceptors (Lipinski definition) is 6. The molecule has 1 unspecified atom stereocenters. The van der Waals surface area contributed by atoms with E-state index in [1.165, 1.54) is 0 Å².